The van der Waals surface area contributed by atoms with Gasteiger partial charge in [0.05, 0.1) is 32.6 Å². The van der Waals surface area contributed by atoms with Gasteiger partial charge in [-0.3, -0.25) is 9.59 Å². The first kappa shape index (κ1) is 20.1. The highest BCUT2D eigenvalue weighted by atomic mass is 16.5. The van der Waals surface area contributed by atoms with Gasteiger partial charge in [0.15, 0.2) is 12.1 Å². The Bertz CT molecular complexity index is 1050. The van der Waals surface area contributed by atoms with E-state index in [2.05, 4.69) is 10.5 Å². The quantitative estimate of drug-likeness (QED) is 0.669. The third kappa shape index (κ3) is 4.36. The third-order valence-corrected chi connectivity index (χ3v) is 5.75. The van der Waals surface area contributed by atoms with Crippen molar-refractivity contribution in [3.05, 3.63) is 59.3 Å². The Hall–Kier alpha value is -3.19. The van der Waals surface area contributed by atoms with Crippen LogP contribution in [0, 0.1) is 13.8 Å². The molecule has 2 amide bonds. The molecule has 4 rings (SSSR count). The molecule has 1 fully saturated rings. The largest absolute Gasteiger partial charge is 0.356 e. The van der Waals surface area contributed by atoms with Crippen LogP contribution in [0.15, 0.2) is 47.0 Å². The molecule has 0 aliphatic carbocycles. The number of carbonyl (C=O) groups excluding carboxylic acids is 2. The molecule has 156 valence electrons. The van der Waals surface area contributed by atoms with E-state index in [0.717, 1.165) is 35.3 Å². The number of amides is 2. The van der Waals surface area contributed by atoms with Crippen LogP contribution in [0.5, 0.6) is 0 Å². The molecule has 0 radical (unpaired) electrons. The summed E-state index contributed by atoms with van der Waals surface area (Å²) in [6.45, 7) is 7.19. The van der Waals surface area contributed by atoms with Crippen molar-refractivity contribution in [1.82, 2.24) is 10.1 Å². The smallest absolute Gasteiger partial charge is 0.279 e. The van der Waals surface area contributed by atoms with Crippen LogP contribution in [-0.2, 0) is 16.0 Å². The maximum Gasteiger partial charge on any atom is 0.279 e. The van der Waals surface area contributed by atoms with Gasteiger partial charge in [0.25, 0.3) is 5.91 Å². The fraction of sp³-hybridized carbons (Fsp3) is 0.348. The molecular formula is C23H27N4O3+. The second-order valence-electron chi connectivity index (χ2n) is 7.92. The van der Waals surface area contributed by atoms with E-state index in [4.69, 9.17) is 4.52 Å². The molecule has 1 saturated heterocycles. The predicted molar refractivity (Wildman–Crippen MR) is 114 cm³/mol. The fourth-order valence-electron chi connectivity index (χ4n) is 3.99. The first-order chi connectivity index (χ1) is 14.5. The van der Waals surface area contributed by atoms with E-state index in [0.29, 0.717) is 30.9 Å². The summed E-state index contributed by atoms with van der Waals surface area (Å²) >= 11 is 0. The highest BCUT2D eigenvalue weighted by Crippen LogP contribution is 2.19. The molecule has 0 bridgehead atoms. The fourth-order valence-corrected chi connectivity index (χ4v) is 3.99. The van der Waals surface area contributed by atoms with Crippen molar-refractivity contribution < 1.29 is 19.0 Å². The number of hydrogen-bond donors (Lipinski definition) is 2. The van der Waals surface area contributed by atoms with Crippen molar-refractivity contribution >= 4 is 28.5 Å². The highest BCUT2D eigenvalue weighted by molar-refractivity contribution is 5.93. The summed E-state index contributed by atoms with van der Waals surface area (Å²) in [4.78, 5) is 28.3. The average Bonchev–Trinajstić information content (AvgIpc) is 3.14. The van der Waals surface area contributed by atoms with Crippen LogP contribution >= 0.6 is 0 Å². The molecule has 1 aromatic heterocycles. The zero-order valence-corrected chi connectivity index (χ0v) is 17.4. The van der Waals surface area contributed by atoms with Crippen LogP contribution in [0.3, 0.4) is 0 Å². The lowest BCUT2D eigenvalue weighted by Crippen LogP contribution is -3.15. The van der Waals surface area contributed by atoms with E-state index >= 15 is 0 Å². The molecule has 2 heterocycles. The van der Waals surface area contributed by atoms with Gasteiger partial charge in [-0.2, -0.15) is 0 Å². The number of hydrogen-bond acceptors (Lipinski definition) is 4. The molecule has 0 unspecified atom stereocenters. The Kier molecular flexibility index (Phi) is 5.81. The maximum atomic E-state index is 12.7. The Morgan fingerprint density at radius 2 is 1.77 bits per heavy atom. The van der Waals surface area contributed by atoms with E-state index in [-0.39, 0.29) is 18.2 Å². The highest BCUT2D eigenvalue weighted by Gasteiger charge is 2.26. The minimum Gasteiger partial charge on any atom is -0.356 e. The predicted octanol–water partition coefficient (Wildman–Crippen LogP) is 1.35. The summed E-state index contributed by atoms with van der Waals surface area (Å²) in [5.74, 6) is 0.0596. The third-order valence-electron chi connectivity index (χ3n) is 5.75. The average molecular weight is 407 g/mol. The van der Waals surface area contributed by atoms with Gasteiger partial charge in [-0.1, -0.05) is 35.5 Å². The summed E-state index contributed by atoms with van der Waals surface area (Å²) in [7, 11) is 0. The van der Waals surface area contributed by atoms with Crippen molar-refractivity contribution in [2.45, 2.75) is 20.3 Å². The van der Waals surface area contributed by atoms with Gasteiger partial charge in [0, 0.05) is 11.1 Å². The number of anilines is 1. The zero-order chi connectivity index (χ0) is 21.1. The monoisotopic (exact) mass is 407 g/mol. The van der Waals surface area contributed by atoms with Crippen molar-refractivity contribution in [1.29, 1.82) is 0 Å². The number of para-hydroxylation sites is 2. The zero-order valence-electron chi connectivity index (χ0n) is 17.4. The summed E-state index contributed by atoms with van der Waals surface area (Å²) in [5.41, 5.74) is 4.40. The molecule has 2 N–H and O–H groups in total. The van der Waals surface area contributed by atoms with Crippen molar-refractivity contribution in [2.24, 2.45) is 0 Å². The number of rotatable bonds is 5. The Morgan fingerprint density at radius 1 is 1.07 bits per heavy atom. The van der Waals surface area contributed by atoms with Crippen molar-refractivity contribution in [3.8, 4) is 0 Å². The SMILES string of the molecule is Cc1cccc(C)c1NC(=O)C[NH+]1CCN(C(=O)Cc2noc3ccccc23)CC1. The molecule has 7 heteroatoms. The van der Waals surface area contributed by atoms with Gasteiger partial charge in [-0.25, -0.2) is 0 Å². The van der Waals surface area contributed by atoms with Crippen LogP contribution in [0.2, 0.25) is 0 Å². The molecule has 0 spiro atoms. The van der Waals surface area contributed by atoms with E-state index < -0.39 is 0 Å². The summed E-state index contributed by atoms with van der Waals surface area (Å²) in [6, 6.07) is 13.6. The molecular weight excluding hydrogens is 380 g/mol. The van der Waals surface area contributed by atoms with E-state index in [1.54, 1.807) is 0 Å². The van der Waals surface area contributed by atoms with Gasteiger partial charge in [-0.15, -0.1) is 0 Å². The lowest BCUT2D eigenvalue weighted by Gasteiger charge is -2.31. The van der Waals surface area contributed by atoms with Crippen molar-refractivity contribution in [3.63, 3.8) is 0 Å². The minimum atomic E-state index is 0.0104. The van der Waals surface area contributed by atoms with Crippen LogP contribution in [-0.4, -0.2) is 54.6 Å². The molecule has 0 saturated carbocycles. The number of fused-ring (bicyclic) bond motifs is 1. The van der Waals surface area contributed by atoms with E-state index in [1.807, 2.05) is 61.2 Å². The lowest BCUT2D eigenvalue weighted by atomic mass is 10.1. The van der Waals surface area contributed by atoms with Crippen LogP contribution in [0.4, 0.5) is 5.69 Å². The molecule has 1 aliphatic rings. The summed E-state index contributed by atoms with van der Waals surface area (Å²) in [5, 5.41) is 7.99. The van der Waals surface area contributed by atoms with Gasteiger partial charge in [0.1, 0.15) is 5.69 Å². The van der Waals surface area contributed by atoms with Gasteiger partial charge >= 0.3 is 0 Å². The van der Waals surface area contributed by atoms with Gasteiger partial charge in [0.2, 0.25) is 5.91 Å². The minimum absolute atomic E-state index is 0.0104. The van der Waals surface area contributed by atoms with Gasteiger partial charge < -0.3 is 19.6 Å². The molecule has 2 aromatic carbocycles. The number of quaternary nitrogens is 1. The number of aryl methyl sites for hydroxylation is 2. The first-order valence-corrected chi connectivity index (χ1v) is 10.3. The summed E-state index contributed by atoms with van der Waals surface area (Å²) in [6.07, 6.45) is 0.236. The summed E-state index contributed by atoms with van der Waals surface area (Å²) < 4.78 is 5.29. The number of piperazine rings is 1. The molecule has 0 atom stereocenters. The number of benzene rings is 2. The van der Waals surface area contributed by atoms with Crippen LogP contribution in [0.25, 0.3) is 11.0 Å². The Labute approximate surface area is 175 Å². The molecule has 3 aromatic rings. The second-order valence-corrected chi connectivity index (χ2v) is 7.92. The van der Waals surface area contributed by atoms with E-state index in [9.17, 15) is 9.59 Å². The van der Waals surface area contributed by atoms with Crippen LogP contribution < -0.4 is 10.2 Å². The van der Waals surface area contributed by atoms with Gasteiger partial charge in [-0.05, 0) is 37.1 Å². The van der Waals surface area contributed by atoms with Crippen molar-refractivity contribution in [2.75, 3.05) is 38.0 Å². The molecule has 1 aliphatic heterocycles. The number of nitrogens with one attached hydrogen (secondary N) is 2. The number of aromatic nitrogens is 1. The normalized spacial score (nSPS) is 14.8. The maximum absolute atomic E-state index is 12.7. The first-order valence-electron chi connectivity index (χ1n) is 10.3. The Morgan fingerprint density at radius 3 is 2.50 bits per heavy atom. The molecule has 30 heavy (non-hydrogen) atoms. The van der Waals surface area contributed by atoms with E-state index in [1.165, 1.54) is 4.90 Å². The van der Waals surface area contributed by atoms with Crippen LogP contribution in [0.1, 0.15) is 16.8 Å². The standard InChI is InChI=1S/C23H26N4O3/c1-16-6-5-7-17(2)23(16)24-21(28)15-26-10-12-27(13-11-26)22(29)14-19-18-8-3-4-9-20(18)30-25-19/h3-9H,10-15H2,1-2H3,(H,24,28)/p+1. The topological polar surface area (TPSA) is 79.9 Å². The lowest BCUT2D eigenvalue weighted by molar-refractivity contribution is -0.895. The number of nitrogens with zero attached hydrogens (tertiary/aromatic N) is 2. The second kappa shape index (κ2) is 8.67. The molecule has 7 nitrogen and oxygen atoms in total. The number of carbonyl (C=O) groups is 2. The Balaban J connectivity index is 1.28.